The van der Waals surface area contributed by atoms with Gasteiger partial charge in [-0.1, -0.05) is 18.2 Å². The molecule has 2 rings (SSSR count). The number of amides is 3. The molecule has 8 nitrogen and oxygen atoms in total. The lowest BCUT2D eigenvalue weighted by atomic mass is 10.1. The van der Waals surface area contributed by atoms with Gasteiger partial charge in [0.25, 0.3) is 5.91 Å². The largest absolute Gasteiger partial charge is 0.385 e. The van der Waals surface area contributed by atoms with Crippen molar-refractivity contribution >= 4 is 17.7 Å². The van der Waals surface area contributed by atoms with Crippen LogP contribution in [0.1, 0.15) is 30.1 Å². The molecule has 1 atom stereocenters. The minimum absolute atomic E-state index is 0.00174. The minimum atomic E-state index is -0.244. The van der Waals surface area contributed by atoms with Gasteiger partial charge in [-0.15, -0.1) is 0 Å². The van der Waals surface area contributed by atoms with Crippen LogP contribution in [0.5, 0.6) is 0 Å². The Labute approximate surface area is 172 Å². The molecule has 0 saturated carbocycles. The molecule has 0 aromatic heterocycles. The zero-order valence-corrected chi connectivity index (χ0v) is 17.4. The van der Waals surface area contributed by atoms with E-state index in [1.54, 1.807) is 24.1 Å². The number of methoxy groups -OCH3 is 1. The Morgan fingerprint density at radius 3 is 2.45 bits per heavy atom. The number of carbonyl (C=O) groups excluding carboxylic acids is 3. The van der Waals surface area contributed by atoms with E-state index >= 15 is 0 Å². The minimum Gasteiger partial charge on any atom is -0.385 e. The van der Waals surface area contributed by atoms with Crippen LogP contribution in [-0.4, -0.2) is 86.5 Å². The molecule has 0 aliphatic carbocycles. The molecule has 3 amide bonds. The SMILES string of the molecule is COCCCNC(=O)CN1CCN(C(=O)CC(C)NC(=O)c2ccccc2)CC1. The molecule has 1 saturated heterocycles. The van der Waals surface area contributed by atoms with Gasteiger partial charge in [-0.25, -0.2) is 0 Å². The normalized spacial score (nSPS) is 15.6. The average Bonchev–Trinajstić information content (AvgIpc) is 2.72. The number of carbonyl (C=O) groups is 3. The highest BCUT2D eigenvalue weighted by molar-refractivity contribution is 5.94. The maximum atomic E-state index is 12.5. The van der Waals surface area contributed by atoms with Gasteiger partial charge in [0, 0.05) is 64.5 Å². The summed E-state index contributed by atoms with van der Waals surface area (Å²) in [6.45, 7) is 5.94. The van der Waals surface area contributed by atoms with Gasteiger partial charge in [0.15, 0.2) is 0 Å². The van der Waals surface area contributed by atoms with Crippen molar-refractivity contribution in [3.63, 3.8) is 0 Å². The summed E-state index contributed by atoms with van der Waals surface area (Å²) >= 11 is 0. The van der Waals surface area contributed by atoms with Crippen LogP contribution in [0, 0.1) is 0 Å². The summed E-state index contributed by atoms with van der Waals surface area (Å²) in [6.07, 6.45) is 1.06. The lowest BCUT2D eigenvalue weighted by molar-refractivity contribution is -0.133. The molecule has 1 aromatic rings. The van der Waals surface area contributed by atoms with Crippen LogP contribution in [0.15, 0.2) is 30.3 Å². The van der Waals surface area contributed by atoms with Crippen LogP contribution in [0.4, 0.5) is 0 Å². The van der Waals surface area contributed by atoms with Crippen LogP contribution in [-0.2, 0) is 14.3 Å². The van der Waals surface area contributed by atoms with Crippen molar-refractivity contribution < 1.29 is 19.1 Å². The van der Waals surface area contributed by atoms with Gasteiger partial charge in [-0.05, 0) is 25.5 Å². The van der Waals surface area contributed by atoms with Crippen molar-refractivity contribution in [3.8, 4) is 0 Å². The monoisotopic (exact) mass is 404 g/mol. The number of hydrogen-bond donors (Lipinski definition) is 2. The first kappa shape index (κ1) is 22.8. The number of nitrogens with zero attached hydrogens (tertiary/aromatic N) is 2. The second kappa shape index (κ2) is 12.2. The third kappa shape index (κ3) is 8.21. The van der Waals surface area contributed by atoms with Gasteiger partial charge in [0.2, 0.25) is 11.8 Å². The van der Waals surface area contributed by atoms with Gasteiger partial charge in [-0.3, -0.25) is 19.3 Å². The van der Waals surface area contributed by atoms with Crippen molar-refractivity contribution in [1.82, 2.24) is 20.4 Å². The van der Waals surface area contributed by atoms with Crippen molar-refractivity contribution in [1.29, 1.82) is 0 Å². The highest BCUT2D eigenvalue weighted by Gasteiger charge is 2.24. The predicted molar refractivity (Wildman–Crippen MR) is 111 cm³/mol. The number of piperazine rings is 1. The summed E-state index contributed by atoms with van der Waals surface area (Å²) in [5, 5.41) is 5.75. The predicted octanol–water partition coefficient (Wildman–Crippen LogP) is 0.492. The molecule has 1 unspecified atom stereocenters. The molecule has 0 bridgehead atoms. The third-order valence-corrected chi connectivity index (χ3v) is 4.83. The lowest BCUT2D eigenvalue weighted by Gasteiger charge is -2.34. The highest BCUT2D eigenvalue weighted by atomic mass is 16.5. The van der Waals surface area contributed by atoms with E-state index < -0.39 is 0 Å². The Kier molecular flexibility index (Phi) is 9.59. The van der Waals surface area contributed by atoms with Crippen LogP contribution >= 0.6 is 0 Å². The van der Waals surface area contributed by atoms with Gasteiger partial charge in [0.05, 0.1) is 6.54 Å². The third-order valence-electron chi connectivity index (χ3n) is 4.83. The first-order valence-corrected chi connectivity index (χ1v) is 10.1. The van der Waals surface area contributed by atoms with E-state index in [2.05, 4.69) is 15.5 Å². The van der Waals surface area contributed by atoms with E-state index in [9.17, 15) is 14.4 Å². The number of nitrogens with one attached hydrogen (secondary N) is 2. The standard InChI is InChI=1S/C21H32N4O4/c1-17(23-21(28)18-7-4-3-5-8-18)15-20(27)25-12-10-24(11-13-25)16-19(26)22-9-6-14-29-2/h3-5,7-8,17H,6,9-16H2,1-2H3,(H,22,26)(H,23,28). The summed E-state index contributed by atoms with van der Waals surface area (Å²) in [7, 11) is 1.64. The Hall–Kier alpha value is -2.45. The fourth-order valence-corrected chi connectivity index (χ4v) is 3.20. The highest BCUT2D eigenvalue weighted by Crippen LogP contribution is 2.06. The first-order valence-electron chi connectivity index (χ1n) is 10.1. The molecule has 1 aliphatic heterocycles. The molecule has 1 aliphatic rings. The molecule has 1 fully saturated rings. The van der Waals surface area contributed by atoms with E-state index in [1.807, 2.05) is 25.1 Å². The van der Waals surface area contributed by atoms with Gasteiger partial charge in [0.1, 0.15) is 0 Å². The molecule has 0 spiro atoms. The van der Waals surface area contributed by atoms with Gasteiger partial charge < -0.3 is 20.3 Å². The van der Waals surface area contributed by atoms with Crippen LogP contribution in [0.2, 0.25) is 0 Å². The lowest BCUT2D eigenvalue weighted by Crippen LogP contribution is -2.52. The van der Waals surface area contributed by atoms with Crippen LogP contribution in [0.25, 0.3) is 0 Å². The van der Waals surface area contributed by atoms with Crippen molar-refractivity contribution in [2.45, 2.75) is 25.8 Å². The van der Waals surface area contributed by atoms with Gasteiger partial charge in [-0.2, -0.15) is 0 Å². The zero-order valence-electron chi connectivity index (χ0n) is 17.4. The molecule has 2 N–H and O–H groups in total. The second-order valence-electron chi connectivity index (χ2n) is 7.30. The molecular weight excluding hydrogens is 372 g/mol. The summed E-state index contributed by atoms with van der Waals surface area (Å²) in [4.78, 5) is 40.5. The fourth-order valence-electron chi connectivity index (χ4n) is 3.20. The van der Waals surface area contributed by atoms with E-state index in [4.69, 9.17) is 4.74 Å². The summed E-state index contributed by atoms with van der Waals surface area (Å²) < 4.78 is 4.96. The van der Waals surface area contributed by atoms with Crippen molar-refractivity contribution in [2.75, 3.05) is 53.0 Å². The van der Waals surface area contributed by atoms with E-state index in [1.165, 1.54) is 0 Å². The Morgan fingerprint density at radius 1 is 1.10 bits per heavy atom. The van der Waals surface area contributed by atoms with E-state index in [0.29, 0.717) is 51.4 Å². The number of benzene rings is 1. The Balaban J connectivity index is 1.66. The molecule has 1 aromatic carbocycles. The average molecular weight is 405 g/mol. The molecule has 1 heterocycles. The van der Waals surface area contributed by atoms with Crippen molar-refractivity contribution in [2.24, 2.45) is 0 Å². The van der Waals surface area contributed by atoms with Gasteiger partial charge >= 0.3 is 0 Å². The maximum absolute atomic E-state index is 12.5. The molecule has 8 heteroatoms. The quantitative estimate of drug-likeness (QED) is 0.554. The summed E-state index contributed by atoms with van der Waals surface area (Å²) in [5.41, 5.74) is 0.584. The fraction of sp³-hybridized carbons (Fsp3) is 0.571. The Morgan fingerprint density at radius 2 is 1.79 bits per heavy atom. The van der Waals surface area contributed by atoms with E-state index in [-0.39, 0.29) is 30.2 Å². The van der Waals surface area contributed by atoms with E-state index in [0.717, 1.165) is 6.42 Å². The smallest absolute Gasteiger partial charge is 0.251 e. The first-order chi connectivity index (χ1) is 14.0. The number of ether oxygens (including phenoxy) is 1. The van der Waals surface area contributed by atoms with Crippen molar-refractivity contribution in [3.05, 3.63) is 35.9 Å². The molecule has 29 heavy (non-hydrogen) atoms. The van der Waals surface area contributed by atoms with Crippen LogP contribution < -0.4 is 10.6 Å². The topological polar surface area (TPSA) is 91.0 Å². The summed E-state index contributed by atoms with van der Waals surface area (Å²) in [6, 6.07) is 8.72. The Bertz CT molecular complexity index is 660. The number of rotatable bonds is 10. The zero-order chi connectivity index (χ0) is 21.1. The second-order valence-corrected chi connectivity index (χ2v) is 7.30. The molecular formula is C21H32N4O4. The summed E-state index contributed by atoms with van der Waals surface area (Å²) in [5.74, 6) is -0.153. The molecule has 0 radical (unpaired) electrons. The molecule has 160 valence electrons. The number of hydrogen-bond acceptors (Lipinski definition) is 5. The van der Waals surface area contributed by atoms with Crippen LogP contribution in [0.3, 0.4) is 0 Å². The maximum Gasteiger partial charge on any atom is 0.251 e.